The molecule has 8 heteroatoms. The van der Waals surface area contributed by atoms with Crippen molar-refractivity contribution in [3.05, 3.63) is 28.2 Å². The molecule has 1 unspecified atom stereocenters. The Morgan fingerprint density at radius 3 is 2.88 bits per heavy atom. The summed E-state index contributed by atoms with van der Waals surface area (Å²) >= 11 is 0. The molecule has 1 atom stereocenters. The minimum absolute atomic E-state index is 0.0952. The number of piperazine rings is 1. The van der Waals surface area contributed by atoms with Crippen LogP contribution in [0.15, 0.2) is 16.9 Å². The van der Waals surface area contributed by atoms with Crippen LogP contribution in [0.3, 0.4) is 0 Å². The summed E-state index contributed by atoms with van der Waals surface area (Å²) in [7, 11) is 2.09. The number of carbonyl (C=O) groups is 2. The minimum atomic E-state index is -0.243. The minimum Gasteiger partial charge on any atom is -0.356 e. The van der Waals surface area contributed by atoms with E-state index in [0.29, 0.717) is 44.6 Å². The van der Waals surface area contributed by atoms with Crippen molar-refractivity contribution < 1.29 is 9.59 Å². The topological polar surface area (TPSA) is 98.4 Å². The summed E-state index contributed by atoms with van der Waals surface area (Å²) in [5, 5.41) is 9.27. The second-order valence-electron chi connectivity index (χ2n) is 6.97. The molecule has 0 aliphatic carbocycles. The summed E-state index contributed by atoms with van der Waals surface area (Å²) in [6.07, 6.45) is 3.03. The van der Waals surface area contributed by atoms with Crippen molar-refractivity contribution in [2.75, 3.05) is 33.2 Å². The fraction of sp³-hybridized carbons (Fsp3) is 0.647. The van der Waals surface area contributed by atoms with Crippen LogP contribution in [0.2, 0.25) is 0 Å². The van der Waals surface area contributed by atoms with E-state index in [2.05, 4.69) is 27.5 Å². The van der Waals surface area contributed by atoms with Crippen molar-refractivity contribution in [2.24, 2.45) is 0 Å². The number of amides is 2. The average molecular weight is 347 g/mol. The van der Waals surface area contributed by atoms with E-state index >= 15 is 0 Å². The van der Waals surface area contributed by atoms with Crippen molar-refractivity contribution in [3.8, 4) is 0 Å². The fourth-order valence-electron chi connectivity index (χ4n) is 3.72. The lowest BCUT2D eigenvalue weighted by Gasteiger charge is -2.49. The molecule has 0 saturated carbocycles. The molecule has 136 valence electrons. The van der Waals surface area contributed by atoms with Gasteiger partial charge in [-0.05, 0) is 26.0 Å². The summed E-state index contributed by atoms with van der Waals surface area (Å²) in [5.41, 5.74) is 0.345. The first kappa shape index (κ1) is 17.6. The highest BCUT2D eigenvalue weighted by atomic mass is 16.2. The van der Waals surface area contributed by atoms with Gasteiger partial charge in [-0.3, -0.25) is 19.3 Å². The predicted octanol–water partition coefficient (Wildman–Crippen LogP) is -0.485. The number of nitrogens with zero attached hydrogens (tertiary/aromatic N) is 3. The van der Waals surface area contributed by atoms with Gasteiger partial charge in [-0.1, -0.05) is 0 Å². The molecule has 1 aromatic rings. The molecule has 2 N–H and O–H groups in total. The lowest BCUT2D eigenvalue weighted by atomic mass is 9.86. The Hall–Kier alpha value is -2.22. The quantitative estimate of drug-likeness (QED) is 0.769. The standard InChI is InChI=1S/C17H25N5O3/c1-21-10-11-22(12-17(21)7-6-14(23)18-9-8-17)16(25)5-3-13-2-4-15(24)20-19-13/h2,4H,3,5-12H2,1H3,(H,18,23)(H,20,24). The van der Waals surface area contributed by atoms with Crippen LogP contribution >= 0.6 is 0 Å². The van der Waals surface area contributed by atoms with Gasteiger partial charge >= 0.3 is 0 Å². The maximum atomic E-state index is 12.6. The average Bonchev–Trinajstić information content (AvgIpc) is 2.79. The largest absolute Gasteiger partial charge is 0.356 e. The first-order valence-electron chi connectivity index (χ1n) is 8.79. The number of aromatic nitrogens is 2. The number of nitrogens with one attached hydrogen (secondary N) is 2. The van der Waals surface area contributed by atoms with Gasteiger partial charge in [0.05, 0.1) is 5.69 Å². The predicted molar refractivity (Wildman–Crippen MR) is 92.0 cm³/mol. The van der Waals surface area contributed by atoms with Gasteiger partial charge in [0.15, 0.2) is 0 Å². The normalized spacial score (nSPS) is 24.8. The van der Waals surface area contributed by atoms with E-state index in [1.807, 2.05) is 4.90 Å². The molecular formula is C17H25N5O3. The molecule has 8 nitrogen and oxygen atoms in total. The van der Waals surface area contributed by atoms with Gasteiger partial charge in [-0.2, -0.15) is 5.10 Å². The highest BCUT2D eigenvalue weighted by Crippen LogP contribution is 2.30. The van der Waals surface area contributed by atoms with Crippen LogP contribution < -0.4 is 10.9 Å². The van der Waals surface area contributed by atoms with Crippen molar-refractivity contribution in [1.82, 2.24) is 25.3 Å². The highest BCUT2D eigenvalue weighted by molar-refractivity contribution is 5.77. The Morgan fingerprint density at radius 1 is 1.28 bits per heavy atom. The monoisotopic (exact) mass is 347 g/mol. The highest BCUT2D eigenvalue weighted by Gasteiger charge is 2.41. The Kier molecular flexibility index (Phi) is 5.17. The smallest absolute Gasteiger partial charge is 0.264 e. The SMILES string of the molecule is CN1CCN(C(=O)CCc2ccc(=O)[nH]n2)CC12CCNC(=O)CC2. The summed E-state index contributed by atoms with van der Waals surface area (Å²) < 4.78 is 0. The van der Waals surface area contributed by atoms with E-state index in [-0.39, 0.29) is 22.9 Å². The molecule has 2 aliphatic rings. The third-order valence-electron chi connectivity index (χ3n) is 5.41. The number of H-pyrrole nitrogens is 1. The Morgan fingerprint density at radius 2 is 2.12 bits per heavy atom. The summed E-state index contributed by atoms with van der Waals surface area (Å²) in [5.74, 6) is 0.196. The molecule has 3 rings (SSSR count). The second kappa shape index (κ2) is 7.35. The van der Waals surface area contributed by atoms with E-state index in [1.54, 1.807) is 6.07 Å². The number of aromatic amines is 1. The summed E-state index contributed by atoms with van der Waals surface area (Å²) in [6.45, 7) is 2.84. The molecule has 2 aliphatic heterocycles. The maximum absolute atomic E-state index is 12.6. The molecular weight excluding hydrogens is 322 g/mol. The van der Waals surface area contributed by atoms with E-state index in [0.717, 1.165) is 19.4 Å². The zero-order chi connectivity index (χ0) is 17.9. The molecule has 25 heavy (non-hydrogen) atoms. The van der Waals surface area contributed by atoms with Crippen LogP contribution in [0.4, 0.5) is 0 Å². The van der Waals surface area contributed by atoms with E-state index < -0.39 is 0 Å². The third-order valence-corrected chi connectivity index (χ3v) is 5.41. The maximum Gasteiger partial charge on any atom is 0.264 e. The molecule has 0 bridgehead atoms. The van der Waals surface area contributed by atoms with Crippen LogP contribution in [-0.2, 0) is 16.0 Å². The van der Waals surface area contributed by atoms with Crippen molar-refractivity contribution in [2.45, 2.75) is 37.6 Å². The van der Waals surface area contributed by atoms with Crippen LogP contribution in [0.5, 0.6) is 0 Å². The van der Waals surface area contributed by atoms with E-state index in [1.165, 1.54) is 6.07 Å². The van der Waals surface area contributed by atoms with Gasteiger partial charge in [0, 0.05) is 57.0 Å². The van der Waals surface area contributed by atoms with Crippen molar-refractivity contribution in [3.63, 3.8) is 0 Å². The summed E-state index contributed by atoms with van der Waals surface area (Å²) in [4.78, 5) is 39.6. The molecule has 1 aromatic heterocycles. The second-order valence-corrected chi connectivity index (χ2v) is 6.97. The Labute approximate surface area is 146 Å². The number of carbonyl (C=O) groups excluding carboxylic acids is 2. The number of hydrogen-bond acceptors (Lipinski definition) is 5. The third kappa shape index (κ3) is 4.07. The van der Waals surface area contributed by atoms with Crippen LogP contribution in [0, 0.1) is 0 Å². The fourth-order valence-corrected chi connectivity index (χ4v) is 3.72. The Bertz CT molecular complexity index is 683. The zero-order valence-electron chi connectivity index (χ0n) is 14.6. The lowest BCUT2D eigenvalue weighted by Crippen LogP contribution is -2.62. The van der Waals surface area contributed by atoms with Crippen LogP contribution in [-0.4, -0.2) is 70.6 Å². The molecule has 2 saturated heterocycles. The van der Waals surface area contributed by atoms with Crippen molar-refractivity contribution >= 4 is 11.8 Å². The van der Waals surface area contributed by atoms with Crippen molar-refractivity contribution in [1.29, 1.82) is 0 Å². The van der Waals surface area contributed by atoms with E-state index in [9.17, 15) is 14.4 Å². The molecule has 2 amide bonds. The van der Waals surface area contributed by atoms with Gasteiger partial charge in [0.1, 0.15) is 0 Å². The zero-order valence-corrected chi connectivity index (χ0v) is 14.6. The molecule has 2 fully saturated rings. The number of hydrogen-bond donors (Lipinski definition) is 2. The molecule has 1 spiro atoms. The lowest BCUT2D eigenvalue weighted by molar-refractivity contribution is -0.136. The number of rotatable bonds is 3. The first-order valence-corrected chi connectivity index (χ1v) is 8.79. The van der Waals surface area contributed by atoms with Gasteiger partial charge < -0.3 is 10.2 Å². The molecule has 0 aromatic carbocycles. The van der Waals surface area contributed by atoms with Crippen LogP contribution in [0.25, 0.3) is 0 Å². The van der Waals surface area contributed by atoms with Gasteiger partial charge in [0.25, 0.3) is 5.56 Å². The Balaban J connectivity index is 1.61. The van der Waals surface area contributed by atoms with Gasteiger partial charge in [-0.25, -0.2) is 5.10 Å². The number of likely N-dealkylation sites (N-methyl/N-ethyl adjacent to an activating group) is 1. The van der Waals surface area contributed by atoms with Crippen LogP contribution in [0.1, 0.15) is 31.4 Å². The molecule has 0 radical (unpaired) electrons. The summed E-state index contributed by atoms with van der Waals surface area (Å²) in [6, 6.07) is 3.08. The van der Waals surface area contributed by atoms with Gasteiger partial charge in [-0.15, -0.1) is 0 Å². The number of aryl methyl sites for hydroxylation is 1. The van der Waals surface area contributed by atoms with Gasteiger partial charge in [0.2, 0.25) is 11.8 Å². The first-order chi connectivity index (χ1) is 12.0. The molecule has 3 heterocycles. The van der Waals surface area contributed by atoms with E-state index in [4.69, 9.17) is 0 Å².